The number of halogens is 1. The summed E-state index contributed by atoms with van der Waals surface area (Å²) in [6.07, 6.45) is 1.23. The summed E-state index contributed by atoms with van der Waals surface area (Å²) in [5.74, 6) is -0.854. The number of carbonyl (C=O) groups is 2. The van der Waals surface area contributed by atoms with E-state index in [4.69, 9.17) is 0 Å². The van der Waals surface area contributed by atoms with Crippen molar-refractivity contribution in [1.29, 1.82) is 0 Å². The summed E-state index contributed by atoms with van der Waals surface area (Å²) in [5.41, 5.74) is 1.65. The Balaban J connectivity index is 1.54. The van der Waals surface area contributed by atoms with Crippen molar-refractivity contribution in [2.45, 2.75) is 50.6 Å². The molecule has 4 rings (SSSR count). The van der Waals surface area contributed by atoms with Crippen LogP contribution in [0.4, 0.5) is 10.1 Å². The number of rotatable bonds is 5. The highest BCUT2D eigenvalue weighted by molar-refractivity contribution is 7.89. The van der Waals surface area contributed by atoms with E-state index in [0.717, 1.165) is 5.56 Å². The van der Waals surface area contributed by atoms with Crippen molar-refractivity contribution in [2.75, 3.05) is 38.6 Å². The van der Waals surface area contributed by atoms with Gasteiger partial charge in [0.05, 0.1) is 0 Å². The van der Waals surface area contributed by atoms with Gasteiger partial charge in [-0.05, 0) is 37.5 Å². The Morgan fingerprint density at radius 1 is 1.05 bits per heavy atom. The van der Waals surface area contributed by atoms with Gasteiger partial charge in [-0.15, -0.1) is 0 Å². The lowest BCUT2D eigenvalue weighted by atomic mass is 10.0. The minimum atomic E-state index is -3.67. The lowest BCUT2D eigenvalue weighted by Crippen LogP contribution is -2.60. The summed E-state index contributed by atoms with van der Waals surface area (Å²) in [6, 6.07) is 13.1. The van der Waals surface area contributed by atoms with E-state index in [9.17, 15) is 18.0 Å². The standard InChI is InChI=1S/C27H35FN4O4S/c1-19-10-13-26(21-8-6-5-7-9-21)37(35,36)32(19)17-22-11-12-23(16-24(22)28)30-14-15-31(20(2)33)25(18-30)27(34)29(3)4/h5-9,11-12,16,19,25-26H,10,13-15,17-18H2,1-4H3/t19-,25+,26?/m0/s1. The molecule has 0 saturated carbocycles. The predicted octanol–water partition coefficient (Wildman–Crippen LogP) is 3.01. The van der Waals surface area contributed by atoms with Crippen LogP contribution >= 0.6 is 0 Å². The highest BCUT2D eigenvalue weighted by atomic mass is 32.2. The van der Waals surface area contributed by atoms with Crippen LogP contribution in [0.1, 0.15) is 43.1 Å². The molecule has 2 heterocycles. The summed E-state index contributed by atoms with van der Waals surface area (Å²) in [7, 11) is -0.385. The highest BCUT2D eigenvalue weighted by Crippen LogP contribution is 2.38. The molecule has 2 aromatic carbocycles. The Kier molecular flexibility index (Phi) is 7.89. The van der Waals surface area contributed by atoms with Crippen molar-refractivity contribution in [3.63, 3.8) is 0 Å². The quantitative estimate of drug-likeness (QED) is 0.594. The molecule has 2 aliphatic rings. The largest absolute Gasteiger partial charge is 0.367 e. The van der Waals surface area contributed by atoms with Gasteiger partial charge in [0, 0.05) is 64.5 Å². The summed E-state index contributed by atoms with van der Waals surface area (Å²) in [6.45, 7) is 4.34. The number of nitrogens with zero attached hydrogens (tertiary/aromatic N) is 4. The van der Waals surface area contributed by atoms with Crippen LogP contribution in [0.3, 0.4) is 0 Å². The van der Waals surface area contributed by atoms with Crippen LogP contribution in [0, 0.1) is 5.82 Å². The van der Waals surface area contributed by atoms with Crippen LogP contribution in [0.25, 0.3) is 0 Å². The lowest BCUT2D eigenvalue weighted by Gasteiger charge is -2.42. The summed E-state index contributed by atoms with van der Waals surface area (Å²) < 4.78 is 43.8. The third-order valence-electron chi connectivity index (χ3n) is 7.43. The first kappa shape index (κ1) is 27.1. The van der Waals surface area contributed by atoms with Gasteiger partial charge in [-0.25, -0.2) is 12.8 Å². The van der Waals surface area contributed by atoms with Crippen LogP contribution in [-0.4, -0.2) is 80.2 Å². The number of benzene rings is 2. The normalized spacial score (nSPS) is 24.1. The smallest absolute Gasteiger partial charge is 0.246 e. The molecular weight excluding hydrogens is 495 g/mol. The van der Waals surface area contributed by atoms with Gasteiger partial charge in [0.15, 0.2) is 0 Å². The van der Waals surface area contributed by atoms with E-state index in [2.05, 4.69) is 0 Å². The van der Waals surface area contributed by atoms with Crippen molar-refractivity contribution in [3.8, 4) is 0 Å². The van der Waals surface area contributed by atoms with Crippen molar-refractivity contribution < 1.29 is 22.4 Å². The molecule has 37 heavy (non-hydrogen) atoms. The summed E-state index contributed by atoms with van der Waals surface area (Å²) in [4.78, 5) is 29.7. The van der Waals surface area contributed by atoms with Gasteiger partial charge in [-0.2, -0.15) is 4.31 Å². The SMILES string of the molecule is CC(=O)N1CCN(c2ccc(CN3[C@@H](C)CCC(c4ccccc4)S3(=O)=O)c(F)c2)C[C@@H]1C(=O)N(C)C. The molecular formula is C27H35FN4O4S. The van der Waals surface area contributed by atoms with E-state index < -0.39 is 27.1 Å². The van der Waals surface area contributed by atoms with Gasteiger partial charge < -0.3 is 14.7 Å². The van der Waals surface area contributed by atoms with Crippen molar-refractivity contribution in [2.24, 2.45) is 0 Å². The van der Waals surface area contributed by atoms with Crippen LogP contribution in [-0.2, 0) is 26.2 Å². The van der Waals surface area contributed by atoms with Gasteiger partial charge in [0.1, 0.15) is 17.1 Å². The molecule has 0 radical (unpaired) electrons. The van der Waals surface area contributed by atoms with Crippen LogP contribution < -0.4 is 4.90 Å². The average molecular weight is 531 g/mol. The van der Waals surface area contributed by atoms with E-state index >= 15 is 4.39 Å². The summed E-state index contributed by atoms with van der Waals surface area (Å²) >= 11 is 0. The second-order valence-electron chi connectivity index (χ2n) is 10.1. The molecule has 2 fully saturated rings. The molecule has 2 amide bonds. The molecule has 0 aliphatic carbocycles. The molecule has 200 valence electrons. The minimum Gasteiger partial charge on any atom is -0.367 e. The number of amides is 2. The van der Waals surface area contributed by atoms with Gasteiger partial charge in [0.2, 0.25) is 21.8 Å². The molecule has 0 N–H and O–H groups in total. The third-order valence-corrected chi connectivity index (χ3v) is 9.80. The number of anilines is 1. The first-order valence-corrected chi connectivity index (χ1v) is 14.1. The first-order valence-electron chi connectivity index (χ1n) is 12.6. The van der Waals surface area contributed by atoms with E-state index in [0.29, 0.717) is 37.2 Å². The fraction of sp³-hybridized carbons (Fsp3) is 0.481. The Bertz CT molecular complexity index is 1250. The van der Waals surface area contributed by atoms with E-state index in [1.165, 1.54) is 22.2 Å². The van der Waals surface area contributed by atoms with Crippen LogP contribution in [0.5, 0.6) is 0 Å². The topological polar surface area (TPSA) is 81.2 Å². The molecule has 0 aromatic heterocycles. The number of likely N-dealkylation sites (N-methyl/N-ethyl adjacent to an activating group) is 1. The fourth-order valence-corrected chi connectivity index (χ4v) is 7.47. The molecule has 2 aliphatic heterocycles. The van der Waals surface area contributed by atoms with Gasteiger partial charge in [-0.3, -0.25) is 9.59 Å². The van der Waals surface area contributed by atoms with Gasteiger partial charge in [0.25, 0.3) is 0 Å². The van der Waals surface area contributed by atoms with Gasteiger partial charge in [-0.1, -0.05) is 36.4 Å². The number of hydrogen-bond acceptors (Lipinski definition) is 5. The minimum absolute atomic E-state index is 0.0429. The van der Waals surface area contributed by atoms with Crippen LogP contribution in [0.15, 0.2) is 48.5 Å². The molecule has 3 atom stereocenters. The molecule has 0 bridgehead atoms. The van der Waals surface area contributed by atoms with Crippen molar-refractivity contribution in [3.05, 3.63) is 65.5 Å². The predicted molar refractivity (Wildman–Crippen MR) is 141 cm³/mol. The van der Waals surface area contributed by atoms with E-state index in [1.54, 1.807) is 31.1 Å². The zero-order valence-electron chi connectivity index (χ0n) is 21.8. The maximum absolute atomic E-state index is 15.4. The zero-order chi connectivity index (χ0) is 26.9. The first-order chi connectivity index (χ1) is 17.5. The Labute approximate surface area is 218 Å². The number of sulfonamides is 1. The molecule has 8 nitrogen and oxygen atoms in total. The Hall–Kier alpha value is -2.98. The van der Waals surface area contributed by atoms with Crippen molar-refractivity contribution >= 4 is 27.5 Å². The van der Waals surface area contributed by atoms with Gasteiger partial charge >= 0.3 is 0 Å². The zero-order valence-corrected chi connectivity index (χ0v) is 22.6. The second-order valence-corrected chi connectivity index (χ2v) is 12.2. The van der Waals surface area contributed by atoms with E-state index in [-0.39, 0.29) is 30.9 Å². The molecule has 1 unspecified atom stereocenters. The fourth-order valence-electron chi connectivity index (χ4n) is 5.28. The Morgan fingerprint density at radius 2 is 1.76 bits per heavy atom. The van der Waals surface area contributed by atoms with E-state index in [1.807, 2.05) is 42.2 Å². The maximum Gasteiger partial charge on any atom is 0.246 e. The number of piperazine rings is 1. The van der Waals surface area contributed by atoms with Crippen molar-refractivity contribution in [1.82, 2.24) is 14.1 Å². The second kappa shape index (κ2) is 10.8. The number of hydrogen-bond donors (Lipinski definition) is 0. The molecule has 2 aromatic rings. The lowest BCUT2D eigenvalue weighted by molar-refractivity contribution is -0.143. The Morgan fingerprint density at radius 3 is 2.38 bits per heavy atom. The summed E-state index contributed by atoms with van der Waals surface area (Å²) in [5, 5.41) is -0.643. The molecule has 10 heteroatoms. The number of carbonyl (C=O) groups excluding carboxylic acids is 2. The monoisotopic (exact) mass is 530 g/mol. The average Bonchev–Trinajstić information content (AvgIpc) is 2.86. The molecule has 2 saturated heterocycles. The third kappa shape index (κ3) is 5.50. The molecule has 0 spiro atoms. The maximum atomic E-state index is 15.4. The highest BCUT2D eigenvalue weighted by Gasteiger charge is 2.41. The van der Waals surface area contributed by atoms with Crippen LogP contribution in [0.2, 0.25) is 0 Å².